The maximum atomic E-state index is 4.51. The average molecular weight is 349 g/mol. The number of hydrogen-bond donors (Lipinski definition) is 1. The minimum atomic E-state index is 0.518. The summed E-state index contributed by atoms with van der Waals surface area (Å²) in [6.45, 7) is 4.66. The van der Waals surface area contributed by atoms with E-state index in [1.54, 1.807) is 12.4 Å². The van der Waals surface area contributed by atoms with Gasteiger partial charge < -0.3 is 5.32 Å². The SMILES string of the molecule is c1cnc(NCC[C@@H]2CN(Cc3cccnc3)Cc3ccnn3C2)nc1. The fraction of sp³-hybridized carbons (Fsp3) is 0.368. The molecular weight excluding hydrogens is 326 g/mol. The molecule has 134 valence electrons. The summed E-state index contributed by atoms with van der Waals surface area (Å²) in [5.74, 6) is 1.21. The maximum Gasteiger partial charge on any atom is 0.222 e. The number of rotatable bonds is 6. The normalized spacial score (nSPS) is 17.5. The van der Waals surface area contributed by atoms with Crippen LogP contribution in [0.25, 0.3) is 0 Å². The Morgan fingerprint density at radius 1 is 1.04 bits per heavy atom. The standard InChI is InChI=1S/C19H23N7/c1-3-16(11-20-6-1)12-25-13-17(14-26-18(15-25)5-10-24-26)4-9-23-19-21-7-2-8-22-19/h1-3,5-8,10-11,17H,4,9,12-15H2,(H,21,22,23)/t17-/m1/s1. The second-order valence-corrected chi connectivity index (χ2v) is 6.69. The predicted octanol–water partition coefficient (Wildman–Crippen LogP) is 2.20. The van der Waals surface area contributed by atoms with Gasteiger partial charge in [-0.15, -0.1) is 0 Å². The van der Waals surface area contributed by atoms with E-state index in [0.29, 0.717) is 11.9 Å². The lowest BCUT2D eigenvalue weighted by Gasteiger charge is -2.24. The Morgan fingerprint density at radius 3 is 2.81 bits per heavy atom. The number of pyridine rings is 1. The molecule has 7 heteroatoms. The molecule has 0 bridgehead atoms. The fourth-order valence-corrected chi connectivity index (χ4v) is 3.45. The maximum absolute atomic E-state index is 4.51. The second-order valence-electron chi connectivity index (χ2n) is 6.69. The molecular formula is C19H23N7. The number of fused-ring (bicyclic) bond motifs is 1. The lowest BCUT2D eigenvalue weighted by molar-refractivity contribution is 0.216. The van der Waals surface area contributed by atoms with E-state index in [-0.39, 0.29) is 0 Å². The van der Waals surface area contributed by atoms with E-state index in [1.807, 2.05) is 30.7 Å². The van der Waals surface area contributed by atoms with Crippen molar-refractivity contribution in [3.8, 4) is 0 Å². The first kappa shape index (κ1) is 16.7. The van der Waals surface area contributed by atoms with Gasteiger partial charge in [0.2, 0.25) is 5.95 Å². The molecule has 0 unspecified atom stereocenters. The van der Waals surface area contributed by atoms with Gasteiger partial charge in [-0.3, -0.25) is 14.6 Å². The highest BCUT2D eigenvalue weighted by Crippen LogP contribution is 2.20. The summed E-state index contributed by atoms with van der Waals surface area (Å²) in [6, 6.07) is 8.08. The molecule has 0 saturated carbocycles. The third kappa shape index (κ3) is 4.23. The molecule has 7 nitrogen and oxygen atoms in total. The average Bonchev–Trinajstić information content (AvgIpc) is 3.03. The molecule has 3 aromatic heterocycles. The Balaban J connectivity index is 1.40. The minimum Gasteiger partial charge on any atom is -0.354 e. The molecule has 4 rings (SSSR count). The smallest absolute Gasteiger partial charge is 0.222 e. The molecule has 0 radical (unpaired) electrons. The highest BCUT2D eigenvalue weighted by Gasteiger charge is 2.22. The van der Waals surface area contributed by atoms with Gasteiger partial charge in [-0.1, -0.05) is 6.07 Å². The van der Waals surface area contributed by atoms with Crippen molar-refractivity contribution < 1.29 is 0 Å². The number of aromatic nitrogens is 5. The van der Waals surface area contributed by atoms with Crippen LogP contribution in [0.1, 0.15) is 17.7 Å². The fourth-order valence-electron chi connectivity index (χ4n) is 3.45. The van der Waals surface area contributed by atoms with Gasteiger partial charge in [0.1, 0.15) is 0 Å². The van der Waals surface area contributed by atoms with Gasteiger partial charge >= 0.3 is 0 Å². The zero-order valence-corrected chi connectivity index (χ0v) is 14.7. The van der Waals surface area contributed by atoms with Crippen LogP contribution < -0.4 is 5.32 Å². The molecule has 0 spiro atoms. The first-order valence-corrected chi connectivity index (χ1v) is 8.99. The van der Waals surface area contributed by atoms with Crippen LogP contribution in [0, 0.1) is 5.92 Å². The zero-order chi connectivity index (χ0) is 17.6. The van der Waals surface area contributed by atoms with Crippen molar-refractivity contribution in [3.63, 3.8) is 0 Å². The van der Waals surface area contributed by atoms with Gasteiger partial charge in [-0.2, -0.15) is 5.10 Å². The topological polar surface area (TPSA) is 71.8 Å². The number of nitrogens with one attached hydrogen (secondary N) is 1. The van der Waals surface area contributed by atoms with Crippen LogP contribution in [0.4, 0.5) is 5.95 Å². The van der Waals surface area contributed by atoms with E-state index in [9.17, 15) is 0 Å². The summed E-state index contributed by atoms with van der Waals surface area (Å²) in [5.41, 5.74) is 2.52. The lowest BCUT2D eigenvalue weighted by Crippen LogP contribution is -2.28. The van der Waals surface area contributed by atoms with Gasteiger partial charge in [0.15, 0.2) is 0 Å². The summed E-state index contributed by atoms with van der Waals surface area (Å²) < 4.78 is 2.15. The van der Waals surface area contributed by atoms with E-state index in [4.69, 9.17) is 0 Å². The van der Waals surface area contributed by atoms with Crippen LogP contribution >= 0.6 is 0 Å². The molecule has 26 heavy (non-hydrogen) atoms. The minimum absolute atomic E-state index is 0.518. The van der Waals surface area contributed by atoms with Gasteiger partial charge in [0, 0.05) is 63.7 Å². The summed E-state index contributed by atoms with van der Waals surface area (Å²) in [4.78, 5) is 15.2. The number of anilines is 1. The van der Waals surface area contributed by atoms with Gasteiger partial charge in [-0.25, -0.2) is 9.97 Å². The second kappa shape index (κ2) is 8.05. The molecule has 0 fully saturated rings. The summed E-state index contributed by atoms with van der Waals surface area (Å²) in [6.07, 6.45) is 10.2. The quantitative estimate of drug-likeness (QED) is 0.736. The molecule has 3 aromatic rings. The van der Waals surface area contributed by atoms with Gasteiger partial charge in [0.25, 0.3) is 0 Å². The Kier molecular flexibility index (Phi) is 5.16. The third-order valence-corrected chi connectivity index (χ3v) is 4.67. The Labute approximate surface area is 153 Å². The number of nitrogens with zero attached hydrogens (tertiary/aromatic N) is 6. The molecule has 1 atom stereocenters. The van der Waals surface area contributed by atoms with E-state index in [2.05, 4.69) is 47.1 Å². The van der Waals surface area contributed by atoms with Crippen LogP contribution in [-0.2, 0) is 19.6 Å². The van der Waals surface area contributed by atoms with Crippen LogP contribution in [-0.4, -0.2) is 42.7 Å². The molecule has 1 N–H and O–H groups in total. The Morgan fingerprint density at radius 2 is 1.96 bits per heavy atom. The Hall–Kier alpha value is -2.80. The highest BCUT2D eigenvalue weighted by atomic mass is 15.3. The first-order chi connectivity index (χ1) is 12.9. The van der Waals surface area contributed by atoms with Crippen molar-refractivity contribution in [3.05, 3.63) is 66.5 Å². The van der Waals surface area contributed by atoms with E-state index in [0.717, 1.165) is 39.1 Å². The summed E-state index contributed by atoms with van der Waals surface area (Å²) >= 11 is 0. The van der Waals surface area contributed by atoms with Crippen LogP contribution in [0.5, 0.6) is 0 Å². The molecule has 0 aliphatic carbocycles. The molecule has 1 aliphatic rings. The monoisotopic (exact) mass is 349 g/mol. The summed E-state index contributed by atoms with van der Waals surface area (Å²) in [7, 11) is 0. The Bertz CT molecular complexity index is 803. The van der Waals surface area contributed by atoms with Gasteiger partial charge in [0.05, 0.1) is 5.69 Å². The van der Waals surface area contributed by atoms with E-state index in [1.165, 1.54) is 11.3 Å². The zero-order valence-electron chi connectivity index (χ0n) is 14.7. The molecule has 0 saturated heterocycles. The molecule has 1 aliphatic heterocycles. The van der Waals surface area contributed by atoms with Crippen molar-refractivity contribution in [2.45, 2.75) is 26.1 Å². The first-order valence-electron chi connectivity index (χ1n) is 8.99. The molecule has 0 amide bonds. The predicted molar refractivity (Wildman–Crippen MR) is 99.2 cm³/mol. The van der Waals surface area contributed by atoms with Crippen molar-refractivity contribution in [1.82, 2.24) is 29.6 Å². The molecule has 0 aromatic carbocycles. The highest BCUT2D eigenvalue weighted by molar-refractivity contribution is 5.21. The van der Waals surface area contributed by atoms with Crippen LogP contribution in [0.15, 0.2) is 55.2 Å². The third-order valence-electron chi connectivity index (χ3n) is 4.67. The number of hydrogen-bond acceptors (Lipinski definition) is 6. The lowest BCUT2D eigenvalue weighted by atomic mass is 10.0. The summed E-state index contributed by atoms with van der Waals surface area (Å²) in [5, 5.41) is 7.82. The van der Waals surface area contributed by atoms with Crippen LogP contribution in [0.3, 0.4) is 0 Å². The molecule has 4 heterocycles. The largest absolute Gasteiger partial charge is 0.354 e. The van der Waals surface area contributed by atoms with Crippen molar-refractivity contribution in [2.75, 3.05) is 18.4 Å². The van der Waals surface area contributed by atoms with Crippen LogP contribution in [0.2, 0.25) is 0 Å². The van der Waals surface area contributed by atoms with Gasteiger partial charge in [-0.05, 0) is 36.1 Å². The van der Waals surface area contributed by atoms with Crippen molar-refractivity contribution in [2.24, 2.45) is 5.92 Å². The van der Waals surface area contributed by atoms with E-state index >= 15 is 0 Å². The van der Waals surface area contributed by atoms with Crippen molar-refractivity contribution in [1.29, 1.82) is 0 Å². The van der Waals surface area contributed by atoms with Crippen molar-refractivity contribution >= 4 is 5.95 Å². The van der Waals surface area contributed by atoms with E-state index < -0.39 is 0 Å².